The van der Waals surface area contributed by atoms with Gasteiger partial charge in [-0.05, 0) is 48.4 Å². The van der Waals surface area contributed by atoms with Crippen molar-refractivity contribution in [1.82, 2.24) is 10.6 Å². The molecule has 2 aromatic rings. The minimum Gasteiger partial charge on any atom is -0.354 e. The van der Waals surface area contributed by atoms with E-state index in [2.05, 4.69) is 10.6 Å². The third-order valence-electron chi connectivity index (χ3n) is 3.17. The Hall–Kier alpha value is -2.04. The minimum atomic E-state index is -0.311. The molecule has 0 unspecified atom stereocenters. The Morgan fingerprint density at radius 3 is 2.00 bits per heavy atom. The van der Waals surface area contributed by atoms with E-state index in [0.29, 0.717) is 28.6 Å². The molecule has 0 heterocycles. The van der Waals surface area contributed by atoms with Crippen LogP contribution in [0.4, 0.5) is 0 Å². The van der Waals surface area contributed by atoms with Crippen molar-refractivity contribution in [3.8, 4) is 0 Å². The van der Waals surface area contributed by atoms with E-state index in [1.807, 2.05) is 24.3 Å². The molecule has 0 saturated heterocycles. The van der Waals surface area contributed by atoms with E-state index in [1.165, 1.54) is 0 Å². The molecule has 0 aliphatic rings. The van der Waals surface area contributed by atoms with Crippen LogP contribution in [0.5, 0.6) is 0 Å². The van der Waals surface area contributed by atoms with Crippen LogP contribution in [0.25, 0.3) is 0 Å². The molecular weight excluding hydrogens is 335 g/mol. The molecule has 2 N–H and O–H groups in total. The fourth-order valence-electron chi connectivity index (χ4n) is 1.92. The quantitative estimate of drug-likeness (QED) is 0.840. The van der Waals surface area contributed by atoms with Crippen LogP contribution in [0.2, 0.25) is 10.0 Å². The molecule has 23 heavy (non-hydrogen) atoms. The lowest BCUT2D eigenvalue weighted by atomic mass is 10.1. The number of benzene rings is 2. The van der Waals surface area contributed by atoms with Crippen LogP contribution in [0.15, 0.2) is 48.5 Å². The third kappa shape index (κ3) is 5.93. The molecule has 0 radical (unpaired) electrons. The van der Waals surface area contributed by atoms with Crippen molar-refractivity contribution in [1.29, 1.82) is 0 Å². The SMILES string of the molecule is O=C(CNC(=O)c1ccc(Cl)cc1)NCCc1ccc(Cl)cc1. The highest BCUT2D eigenvalue weighted by atomic mass is 35.5. The van der Waals surface area contributed by atoms with E-state index in [-0.39, 0.29) is 18.4 Å². The largest absolute Gasteiger partial charge is 0.354 e. The molecule has 6 heteroatoms. The van der Waals surface area contributed by atoms with Crippen LogP contribution in [0, 0.1) is 0 Å². The van der Waals surface area contributed by atoms with Gasteiger partial charge in [0.1, 0.15) is 0 Å². The first-order valence-corrected chi connectivity index (χ1v) is 7.85. The van der Waals surface area contributed by atoms with Crippen LogP contribution in [-0.2, 0) is 11.2 Å². The Bertz CT molecular complexity index is 670. The smallest absolute Gasteiger partial charge is 0.251 e. The van der Waals surface area contributed by atoms with Gasteiger partial charge in [0.15, 0.2) is 0 Å². The van der Waals surface area contributed by atoms with Crippen molar-refractivity contribution in [2.45, 2.75) is 6.42 Å². The summed E-state index contributed by atoms with van der Waals surface area (Å²) < 4.78 is 0. The van der Waals surface area contributed by atoms with Gasteiger partial charge in [-0.1, -0.05) is 35.3 Å². The van der Waals surface area contributed by atoms with Crippen LogP contribution in [0.3, 0.4) is 0 Å². The van der Waals surface area contributed by atoms with Gasteiger partial charge in [-0.3, -0.25) is 9.59 Å². The fraction of sp³-hybridized carbons (Fsp3) is 0.176. The zero-order valence-electron chi connectivity index (χ0n) is 12.3. The van der Waals surface area contributed by atoms with Crippen molar-refractivity contribution in [2.75, 3.05) is 13.1 Å². The van der Waals surface area contributed by atoms with Gasteiger partial charge in [-0.25, -0.2) is 0 Å². The second-order valence-electron chi connectivity index (χ2n) is 4.92. The van der Waals surface area contributed by atoms with E-state index >= 15 is 0 Å². The van der Waals surface area contributed by atoms with Gasteiger partial charge in [0, 0.05) is 22.2 Å². The van der Waals surface area contributed by atoms with Crippen LogP contribution < -0.4 is 10.6 Å². The van der Waals surface area contributed by atoms with E-state index < -0.39 is 0 Å². The van der Waals surface area contributed by atoms with Crippen LogP contribution in [0.1, 0.15) is 15.9 Å². The average molecular weight is 351 g/mol. The lowest BCUT2D eigenvalue weighted by molar-refractivity contribution is -0.120. The summed E-state index contributed by atoms with van der Waals surface area (Å²) >= 11 is 11.6. The molecule has 2 rings (SSSR count). The fourth-order valence-corrected chi connectivity index (χ4v) is 2.18. The summed E-state index contributed by atoms with van der Waals surface area (Å²) in [4.78, 5) is 23.6. The van der Waals surface area contributed by atoms with Gasteiger partial charge in [0.25, 0.3) is 5.91 Å². The molecule has 0 aliphatic carbocycles. The number of halogens is 2. The summed E-state index contributed by atoms with van der Waals surface area (Å²) in [5, 5.41) is 6.56. The number of amides is 2. The Kier molecular flexibility index (Phi) is 6.44. The van der Waals surface area contributed by atoms with Crippen molar-refractivity contribution < 1.29 is 9.59 Å². The van der Waals surface area contributed by atoms with Crippen molar-refractivity contribution in [3.05, 3.63) is 69.7 Å². The lowest BCUT2D eigenvalue weighted by Gasteiger charge is -2.07. The molecule has 0 saturated carbocycles. The number of carbonyl (C=O) groups excluding carboxylic acids is 2. The Balaban J connectivity index is 1.69. The summed E-state index contributed by atoms with van der Waals surface area (Å²) in [6.45, 7) is 0.430. The summed E-state index contributed by atoms with van der Waals surface area (Å²) in [6.07, 6.45) is 0.702. The number of rotatable bonds is 6. The summed E-state index contributed by atoms with van der Waals surface area (Å²) in [7, 11) is 0. The van der Waals surface area contributed by atoms with Gasteiger partial charge in [-0.15, -0.1) is 0 Å². The number of nitrogens with one attached hydrogen (secondary N) is 2. The molecule has 0 fully saturated rings. The highest BCUT2D eigenvalue weighted by Gasteiger charge is 2.07. The third-order valence-corrected chi connectivity index (χ3v) is 3.67. The monoisotopic (exact) mass is 350 g/mol. The molecule has 0 spiro atoms. The number of hydrogen-bond acceptors (Lipinski definition) is 2. The maximum Gasteiger partial charge on any atom is 0.251 e. The second-order valence-corrected chi connectivity index (χ2v) is 5.79. The standard InChI is InChI=1S/C17H16Cl2N2O2/c18-14-5-1-12(2-6-14)9-10-20-16(22)11-21-17(23)13-3-7-15(19)8-4-13/h1-8H,9-11H2,(H,20,22)(H,21,23). The first-order valence-electron chi connectivity index (χ1n) is 7.09. The van der Waals surface area contributed by atoms with E-state index in [0.717, 1.165) is 5.56 Å². The van der Waals surface area contributed by atoms with E-state index in [9.17, 15) is 9.59 Å². The highest BCUT2D eigenvalue weighted by molar-refractivity contribution is 6.30. The number of carbonyl (C=O) groups is 2. The zero-order chi connectivity index (χ0) is 16.7. The Morgan fingerprint density at radius 1 is 0.826 bits per heavy atom. The van der Waals surface area contributed by atoms with Gasteiger partial charge < -0.3 is 10.6 Å². The number of hydrogen-bond donors (Lipinski definition) is 2. The van der Waals surface area contributed by atoms with Crippen molar-refractivity contribution >= 4 is 35.0 Å². The first-order chi connectivity index (χ1) is 11.0. The predicted octanol–water partition coefficient (Wildman–Crippen LogP) is 3.08. The Morgan fingerprint density at radius 2 is 1.39 bits per heavy atom. The predicted molar refractivity (Wildman–Crippen MR) is 92.0 cm³/mol. The lowest BCUT2D eigenvalue weighted by Crippen LogP contribution is -2.37. The summed E-state index contributed by atoms with van der Waals surface area (Å²) in [6, 6.07) is 13.9. The van der Waals surface area contributed by atoms with Crippen molar-refractivity contribution in [3.63, 3.8) is 0 Å². The molecule has 0 aromatic heterocycles. The second kappa shape index (κ2) is 8.56. The molecule has 2 amide bonds. The van der Waals surface area contributed by atoms with E-state index in [1.54, 1.807) is 24.3 Å². The van der Waals surface area contributed by atoms with Gasteiger partial charge in [-0.2, -0.15) is 0 Å². The van der Waals surface area contributed by atoms with Gasteiger partial charge >= 0.3 is 0 Å². The van der Waals surface area contributed by atoms with Crippen molar-refractivity contribution in [2.24, 2.45) is 0 Å². The molecule has 0 aliphatic heterocycles. The topological polar surface area (TPSA) is 58.2 Å². The normalized spacial score (nSPS) is 10.2. The zero-order valence-corrected chi connectivity index (χ0v) is 13.8. The molecule has 0 atom stereocenters. The van der Waals surface area contributed by atoms with Gasteiger partial charge in [0.05, 0.1) is 6.54 Å². The Labute approximate surface area is 144 Å². The van der Waals surface area contributed by atoms with Gasteiger partial charge in [0.2, 0.25) is 5.91 Å². The highest BCUT2D eigenvalue weighted by Crippen LogP contribution is 2.10. The molecule has 0 bridgehead atoms. The first kappa shape index (κ1) is 17.3. The minimum absolute atomic E-state index is 0.0674. The maximum absolute atomic E-state index is 11.8. The molecule has 2 aromatic carbocycles. The summed E-state index contributed by atoms with van der Waals surface area (Å²) in [5.74, 6) is -0.546. The molecule has 4 nitrogen and oxygen atoms in total. The van der Waals surface area contributed by atoms with Crippen LogP contribution in [-0.4, -0.2) is 24.9 Å². The molecule has 120 valence electrons. The van der Waals surface area contributed by atoms with E-state index in [4.69, 9.17) is 23.2 Å². The maximum atomic E-state index is 11.8. The summed E-state index contributed by atoms with van der Waals surface area (Å²) in [5.41, 5.74) is 1.54. The average Bonchev–Trinajstić information content (AvgIpc) is 2.55. The molecular formula is C17H16Cl2N2O2. The van der Waals surface area contributed by atoms with Crippen LogP contribution >= 0.6 is 23.2 Å².